The van der Waals surface area contributed by atoms with Crippen molar-refractivity contribution >= 4 is 16.5 Å². The molecule has 1 heterocycles. The van der Waals surface area contributed by atoms with Gasteiger partial charge in [0, 0.05) is 16.6 Å². The monoisotopic (exact) mass is 199 g/mol. The van der Waals surface area contributed by atoms with E-state index in [9.17, 15) is 0 Å². The van der Waals surface area contributed by atoms with Gasteiger partial charge in [-0.3, -0.25) is 0 Å². The molecule has 1 aromatic carbocycles. The van der Waals surface area contributed by atoms with Crippen molar-refractivity contribution in [1.82, 2.24) is 4.98 Å². The van der Waals surface area contributed by atoms with Gasteiger partial charge < -0.3 is 9.72 Å². The third-order valence-corrected chi connectivity index (χ3v) is 2.98. The van der Waals surface area contributed by atoms with Gasteiger partial charge in [0.25, 0.3) is 0 Å². The van der Waals surface area contributed by atoms with Crippen LogP contribution in [0.1, 0.15) is 18.5 Å². The standard InChI is InChI=1S/C13H13NO/c1-15-11-5-6-12-10(7-11)8-13(14-12)9-3-2-4-9/h3,5-8,14H,2,4H2,1H3. The van der Waals surface area contributed by atoms with E-state index in [4.69, 9.17) is 4.74 Å². The number of fused-ring (bicyclic) bond motifs is 1. The Labute approximate surface area is 88.6 Å². The molecule has 1 aromatic heterocycles. The van der Waals surface area contributed by atoms with Crippen LogP contribution in [0.15, 0.2) is 30.3 Å². The molecule has 0 saturated heterocycles. The zero-order valence-electron chi connectivity index (χ0n) is 8.71. The number of aromatic amines is 1. The maximum Gasteiger partial charge on any atom is 0.119 e. The molecule has 1 aliphatic rings. The Kier molecular flexibility index (Phi) is 1.81. The van der Waals surface area contributed by atoms with E-state index in [1.54, 1.807) is 7.11 Å². The zero-order valence-corrected chi connectivity index (χ0v) is 8.71. The first-order valence-corrected chi connectivity index (χ1v) is 5.23. The number of benzene rings is 1. The SMILES string of the molecule is COc1ccc2[nH]c(C3=CCC3)cc2c1. The molecule has 3 rings (SSSR count). The molecule has 1 N–H and O–H groups in total. The van der Waals surface area contributed by atoms with Gasteiger partial charge in [-0.1, -0.05) is 6.08 Å². The van der Waals surface area contributed by atoms with Crippen LogP contribution in [-0.2, 0) is 0 Å². The summed E-state index contributed by atoms with van der Waals surface area (Å²) in [5.74, 6) is 0.913. The van der Waals surface area contributed by atoms with E-state index in [0.717, 1.165) is 5.75 Å². The minimum absolute atomic E-state index is 0.913. The van der Waals surface area contributed by atoms with Gasteiger partial charge in [0.15, 0.2) is 0 Å². The van der Waals surface area contributed by atoms with Crippen molar-refractivity contribution in [2.45, 2.75) is 12.8 Å². The van der Waals surface area contributed by atoms with E-state index in [1.807, 2.05) is 6.07 Å². The number of rotatable bonds is 2. The van der Waals surface area contributed by atoms with E-state index < -0.39 is 0 Å². The summed E-state index contributed by atoms with van der Waals surface area (Å²) < 4.78 is 5.20. The molecule has 0 atom stereocenters. The lowest BCUT2D eigenvalue weighted by molar-refractivity contribution is 0.415. The molecule has 0 spiro atoms. The van der Waals surface area contributed by atoms with Crippen LogP contribution in [-0.4, -0.2) is 12.1 Å². The third kappa shape index (κ3) is 1.33. The Bertz CT molecular complexity index is 536. The predicted octanol–water partition coefficient (Wildman–Crippen LogP) is 3.35. The Morgan fingerprint density at radius 3 is 2.80 bits per heavy atom. The third-order valence-electron chi connectivity index (χ3n) is 2.98. The van der Waals surface area contributed by atoms with Gasteiger partial charge in [-0.2, -0.15) is 0 Å². The summed E-state index contributed by atoms with van der Waals surface area (Å²) in [5, 5.41) is 1.22. The van der Waals surface area contributed by atoms with Gasteiger partial charge in [-0.25, -0.2) is 0 Å². The summed E-state index contributed by atoms with van der Waals surface area (Å²) in [4.78, 5) is 3.42. The van der Waals surface area contributed by atoms with Crippen LogP contribution in [0.2, 0.25) is 0 Å². The number of ether oxygens (including phenoxy) is 1. The molecule has 0 amide bonds. The highest BCUT2D eigenvalue weighted by molar-refractivity contribution is 5.86. The van der Waals surface area contributed by atoms with E-state index in [1.165, 1.54) is 35.0 Å². The highest BCUT2D eigenvalue weighted by Gasteiger charge is 2.11. The summed E-state index contributed by atoms with van der Waals surface area (Å²) in [6.07, 6.45) is 4.69. The fourth-order valence-corrected chi connectivity index (χ4v) is 1.94. The van der Waals surface area contributed by atoms with E-state index in [-0.39, 0.29) is 0 Å². The molecule has 0 fully saturated rings. The maximum absolute atomic E-state index is 5.20. The average Bonchev–Trinajstić information content (AvgIpc) is 2.56. The molecule has 2 heteroatoms. The molecular weight excluding hydrogens is 186 g/mol. The van der Waals surface area contributed by atoms with Gasteiger partial charge >= 0.3 is 0 Å². The number of hydrogen-bond acceptors (Lipinski definition) is 1. The second-order valence-electron chi connectivity index (χ2n) is 3.90. The molecule has 0 unspecified atom stereocenters. The van der Waals surface area contributed by atoms with Crippen molar-refractivity contribution in [3.8, 4) is 5.75 Å². The van der Waals surface area contributed by atoms with Gasteiger partial charge in [-0.05, 0) is 42.7 Å². The lowest BCUT2D eigenvalue weighted by Gasteiger charge is -2.11. The van der Waals surface area contributed by atoms with Crippen LogP contribution in [0, 0.1) is 0 Å². The molecule has 0 bridgehead atoms. The zero-order chi connectivity index (χ0) is 10.3. The van der Waals surface area contributed by atoms with Crippen molar-refractivity contribution < 1.29 is 4.74 Å². The quantitative estimate of drug-likeness (QED) is 0.788. The number of hydrogen-bond donors (Lipinski definition) is 1. The lowest BCUT2D eigenvalue weighted by atomic mass is 9.96. The van der Waals surface area contributed by atoms with Crippen molar-refractivity contribution in [2.24, 2.45) is 0 Å². The van der Waals surface area contributed by atoms with Crippen molar-refractivity contribution in [3.05, 3.63) is 36.0 Å². The van der Waals surface area contributed by atoms with Crippen LogP contribution in [0.4, 0.5) is 0 Å². The first-order valence-electron chi connectivity index (χ1n) is 5.23. The topological polar surface area (TPSA) is 25.0 Å². The minimum Gasteiger partial charge on any atom is -0.497 e. The first kappa shape index (κ1) is 8.60. The molecule has 2 aromatic rings. The van der Waals surface area contributed by atoms with E-state index in [0.29, 0.717) is 0 Å². The van der Waals surface area contributed by atoms with Crippen LogP contribution in [0.3, 0.4) is 0 Å². The number of nitrogens with one attached hydrogen (secondary N) is 1. The summed E-state index contributed by atoms with van der Waals surface area (Å²) in [6, 6.07) is 8.31. The lowest BCUT2D eigenvalue weighted by Crippen LogP contribution is -1.92. The minimum atomic E-state index is 0.913. The van der Waals surface area contributed by atoms with E-state index >= 15 is 0 Å². The Hall–Kier alpha value is -1.70. The largest absolute Gasteiger partial charge is 0.497 e. The number of methoxy groups -OCH3 is 1. The summed E-state index contributed by atoms with van der Waals surface area (Å²) in [7, 11) is 1.70. The smallest absolute Gasteiger partial charge is 0.119 e. The van der Waals surface area contributed by atoms with Gasteiger partial charge in [-0.15, -0.1) is 0 Å². The van der Waals surface area contributed by atoms with Crippen LogP contribution < -0.4 is 4.74 Å². The highest BCUT2D eigenvalue weighted by Crippen LogP contribution is 2.31. The van der Waals surface area contributed by atoms with Gasteiger partial charge in [0.2, 0.25) is 0 Å². The summed E-state index contributed by atoms with van der Waals surface area (Å²) in [6.45, 7) is 0. The van der Waals surface area contributed by atoms with Crippen LogP contribution >= 0.6 is 0 Å². The molecule has 0 saturated carbocycles. The molecular formula is C13H13NO. The maximum atomic E-state index is 5.20. The number of aromatic nitrogens is 1. The average molecular weight is 199 g/mol. The second-order valence-corrected chi connectivity index (χ2v) is 3.90. The molecule has 0 aliphatic heterocycles. The van der Waals surface area contributed by atoms with Crippen molar-refractivity contribution in [2.75, 3.05) is 7.11 Å². The molecule has 15 heavy (non-hydrogen) atoms. The van der Waals surface area contributed by atoms with Crippen LogP contribution in [0.5, 0.6) is 5.75 Å². The fourth-order valence-electron chi connectivity index (χ4n) is 1.94. The van der Waals surface area contributed by atoms with Gasteiger partial charge in [0.1, 0.15) is 5.75 Å². The normalized spacial score (nSPS) is 14.9. The molecule has 0 radical (unpaired) electrons. The molecule has 1 aliphatic carbocycles. The fraction of sp³-hybridized carbons (Fsp3) is 0.231. The number of allylic oxidation sites excluding steroid dienone is 2. The Morgan fingerprint density at radius 1 is 1.27 bits per heavy atom. The second kappa shape index (κ2) is 3.16. The Morgan fingerprint density at radius 2 is 2.13 bits per heavy atom. The highest BCUT2D eigenvalue weighted by atomic mass is 16.5. The van der Waals surface area contributed by atoms with Crippen molar-refractivity contribution in [1.29, 1.82) is 0 Å². The van der Waals surface area contributed by atoms with Crippen molar-refractivity contribution in [3.63, 3.8) is 0 Å². The van der Waals surface area contributed by atoms with Gasteiger partial charge in [0.05, 0.1) is 7.11 Å². The Balaban J connectivity index is 2.13. The molecule has 76 valence electrons. The summed E-state index contributed by atoms with van der Waals surface area (Å²) >= 11 is 0. The first-order chi connectivity index (χ1) is 7.36. The van der Waals surface area contributed by atoms with Crippen LogP contribution in [0.25, 0.3) is 16.5 Å². The summed E-state index contributed by atoms with van der Waals surface area (Å²) in [5.41, 5.74) is 3.87. The number of H-pyrrole nitrogens is 1. The molecule has 2 nitrogen and oxygen atoms in total. The van der Waals surface area contributed by atoms with E-state index in [2.05, 4.69) is 29.3 Å². The predicted molar refractivity (Wildman–Crippen MR) is 62.1 cm³/mol.